The Labute approximate surface area is 108 Å². The Balaban J connectivity index is 1.96. The molecule has 0 aromatic carbocycles. The van der Waals surface area contributed by atoms with Crippen LogP contribution in [0.4, 0.5) is 0 Å². The molecule has 6 heteroatoms. The zero-order chi connectivity index (χ0) is 13.0. The Morgan fingerprint density at radius 1 is 1.50 bits per heavy atom. The van der Waals surface area contributed by atoms with E-state index in [0.29, 0.717) is 12.5 Å². The summed E-state index contributed by atoms with van der Waals surface area (Å²) in [6.45, 7) is 4.27. The lowest BCUT2D eigenvalue weighted by Crippen LogP contribution is -2.38. The van der Waals surface area contributed by atoms with E-state index >= 15 is 0 Å². The van der Waals surface area contributed by atoms with E-state index in [2.05, 4.69) is 15.0 Å². The van der Waals surface area contributed by atoms with Crippen LogP contribution in [0.1, 0.15) is 18.4 Å². The van der Waals surface area contributed by atoms with Crippen LogP contribution in [-0.2, 0) is 10.0 Å². The minimum absolute atomic E-state index is 0.0943. The summed E-state index contributed by atoms with van der Waals surface area (Å²) in [4.78, 5) is 3.95. The summed E-state index contributed by atoms with van der Waals surface area (Å²) < 4.78 is 26.6. The molecule has 18 heavy (non-hydrogen) atoms. The number of nitrogens with zero attached hydrogens (tertiary/aromatic N) is 1. The van der Waals surface area contributed by atoms with Crippen LogP contribution in [0.25, 0.3) is 0 Å². The summed E-state index contributed by atoms with van der Waals surface area (Å²) in [6.07, 6.45) is 3.74. The van der Waals surface area contributed by atoms with Crippen LogP contribution >= 0.6 is 0 Å². The van der Waals surface area contributed by atoms with Gasteiger partial charge in [-0.25, -0.2) is 18.1 Å². The molecule has 0 aliphatic carbocycles. The van der Waals surface area contributed by atoms with Gasteiger partial charge in [-0.1, -0.05) is 6.07 Å². The van der Waals surface area contributed by atoms with Gasteiger partial charge in [0.15, 0.2) is 5.03 Å². The van der Waals surface area contributed by atoms with Crippen LogP contribution in [0.2, 0.25) is 0 Å². The highest BCUT2D eigenvalue weighted by Gasteiger charge is 2.19. The molecule has 0 radical (unpaired) electrons. The van der Waals surface area contributed by atoms with Crippen LogP contribution in [0, 0.1) is 12.8 Å². The predicted octanol–water partition coefficient (Wildman–Crippen LogP) is 0.668. The summed E-state index contributed by atoms with van der Waals surface area (Å²) in [5.41, 5.74) is 0.949. The fraction of sp³-hybridized carbons (Fsp3) is 0.583. The van der Waals surface area contributed by atoms with Crippen LogP contribution in [0.5, 0.6) is 0 Å². The maximum absolute atomic E-state index is 12.0. The Morgan fingerprint density at radius 2 is 2.33 bits per heavy atom. The van der Waals surface area contributed by atoms with E-state index in [1.54, 1.807) is 12.3 Å². The van der Waals surface area contributed by atoms with Crippen LogP contribution in [0.15, 0.2) is 23.4 Å². The van der Waals surface area contributed by atoms with E-state index < -0.39 is 10.0 Å². The lowest BCUT2D eigenvalue weighted by atomic mass is 10.0. The van der Waals surface area contributed by atoms with Crippen LogP contribution in [-0.4, -0.2) is 33.0 Å². The number of nitrogens with one attached hydrogen (secondary N) is 2. The molecule has 100 valence electrons. The molecule has 1 atom stereocenters. The number of aryl methyl sites for hydroxylation is 1. The summed E-state index contributed by atoms with van der Waals surface area (Å²) in [5.74, 6) is 0.374. The van der Waals surface area contributed by atoms with Gasteiger partial charge in [-0.2, -0.15) is 0 Å². The quantitative estimate of drug-likeness (QED) is 0.842. The largest absolute Gasteiger partial charge is 0.316 e. The number of pyridine rings is 1. The van der Waals surface area contributed by atoms with Crippen LogP contribution < -0.4 is 10.0 Å². The molecule has 5 nitrogen and oxygen atoms in total. The molecule has 0 saturated carbocycles. The summed E-state index contributed by atoms with van der Waals surface area (Å²) in [5, 5.41) is 3.36. The van der Waals surface area contributed by atoms with Gasteiger partial charge in [0.1, 0.15) is 0 Å². The normalized spacial score (nSPS) is 20.8. The summed E-state index contributed by atoms with van der Waals surface area (Å²) in [6, 6.07) is 3.29. The third-order valence-electron chi connectivity index (χ3n) is 3.12. The molecule has 1 aliphatic rings. The predicted molar refractivity (Wildman–Crippen MR) is 69.8 cm³/mol. The van der Waals surface area contributed by atoms with E-state index in [-0.39, 0.29) is 5.03 Å². The molecule has 1 saturated heterocycles. The molecule has 0 unspecified atom stereocenters. The second-order valence-corrected chi connectivity index (χ2v) is 6.45. The average molecular weight is 269 g/mol. The second kappa shape index (κ2) is 5.77. The third-order valence-corrected chi connectivity index (χ3v) is 4.46. The first-order valence-electron chi connectivity index (χ1n) is 6.21. The minimum atomic E-state index is -3.47. The van der Waals surface area contributed by atoms with E-state index in [0.717, 1.165) is 31.5 Å². The van der Waals surface area contributed by atoms with E-state index in [4.69, 9.17) is 0 Å². The van der Waals surface area contributed by atoms with E-state index in [9.17, 15) is 8.42 Å². The number of sulfonamides is 1. The van der Waals surface area contributed by atoms with Crippen molar-refractivity contribution in [1.29, 1.82) is 0 Å². The molecular formula is C12H19N3O2S. The first kappa shape index (κ1) is 13.5. The van der Waals surface area contributed by atoms with Gasteiger partial charge < -0.3 is 5.32 Å². The highest BCUT2D eigenvalue weighted by Crippen LogP contribution is 2.11. The van der Waals surface area contributed by atoms with E-state index in [1.165, 1.54) is 6.07 Å². The lowest BCUT2D eigenvalue weighted by Gasteiger charge is -2.22. The standard InChI is InChI=1S/C12H19N3O2S/c1-10-4-5-12(14-7-10)18(16,17)15-9-11-3-2-6-13-8-11/h4-5,7,11,13,15H,2-3,6,8-9H2,1H3/t11-/m0/s1. The number of hydrogen-bond donors (Lipinski definition) is 2. The maximum Gasteiger partial charge on any atom is 0.258 e. The third kappa shape index (κ3) is 3.51. The monoisotopic (exact) mass is 269 g/mol. The van der Waals surface area contributed by atoms with Crippen molar-refractivity contribution in [3.8, 4) is 0 Å². The van der Waals surface area contributed by atoms with Gasteiger partial charge in [0.05, 0.1) is 0 Å². The van der Waals surface area contributed by atoms with Gasteiger partial charge in [0.2, 0.25) is 0 Å². The Morgan fingerprint density at radius 3 is 2.94 bits per heavy atom. The van der Waals surface area contributed by atoms with Crippen LogP contribution in [0.3, 0.4) is 0 Å². The molecule has 2 N–H and O–H groups in total. The molecule has 0 bridgehead atoms. The smallest absolute Gasteiger partial charge is 0.258 e. The number of hydrogen-bond acceptors (Lipinski definition) is 4. The molecule has 2 heterocycles. The zero-order valence-electron chi connectivity index (χ0n) is 10.5. The first-order valence-corrected chi connectivity index (χ1v) is 7.69. The lowest BCUT2D eigenvalue weighted by molar-refractivity contribution is 0.375. The van der Waals surface area contributed by atoms with Crippen molar-refractivity contribution in [1.82, 2.24) is 15.0 Å². The van der Waals surface area contributed by atoms with Crippen molar-refractivity contribution >= 4 is 10.0 Å². The SMILES string of the molecule is Cc1ccc(S(=O)(=O)NC[C@H]2CCCNC2)nc1. The van der Waals surface area contributed by atoms with Crippen molar-refractivity contribution in [2.75, 3.05) is 19.6 Å². The zero-order valence-corrected chi connectivity index (χ0v) is 11.3. The van der Waals surface area contributed by atoms with Crippen molar-refractivity contribution in [2.24, 2.45) is 5.92 Å². The number of piperidine rings is 1. The Bertz CT molecular complexity index is 479. The maximum atomic E-state index is 12.0. The Kier molecular flexibility index (Phi) is 4.31. The molecule has 2 rings (SSSR count). The molecule has 1 aliphatic heterocycles. The number of aromatic nitrogens is 1. The van der Waals surface area contributed by atoms with Gasteiger partial charge in [-0.15, -0.1) is 0 Å². The Hall–Kier alpha value is -0.980. The van der Waals surface area contributed by atoms with Crippen molar-refractivity contribution in [2.45, 2.75) is 24.8 Å². The molecule has 0 amide bonds. The molecule has 1 aromatic heterocycles. The van der Waals surface area contributed by atoms with Gasteiger partial charge in [0.25, 0.3) is 10.0 Å². The average Bonchev–Trinajstić information content (AvgIpc) is 2.38. The summed E-state index contributed by atoms with van der Waals surface area (Å²) in [7, 11) is -3.47. The van der Waals surface area contributed by atoms with Gasteiger partial charge in [-0.3, -0.25) is 0 Å². The minimum Gasteiger partial charge on any atom is -0.316 e. The molecule has 1 fully saturated rings. The highest BCUT2D eigenvalue weighted by atomic mass is 32.2. The van der Waals surface area contributed by atoms with E-state index in [1.807, 2.05) is 6.92 Å². The highest BCUT2D eigenvalue weighted by molar-refractivity contribution is 7.89. The molecular weight excluding hydrogens is 250 g/mol. The van der Waals surface area contributed by atoms with Gasteiger partial charge >= 0.3 is 0 Å². The summed E-state index contributed by atoms with van der Waals surface area (Å²) >= 11 is 0. The topological polar surface area (TPSA) is 71.1 Å². The molecule has 1 aromatic rings. The fourth-order valence-corrected chi connectivity index (χ4v) is 3.05. The van der Waals surface area contributed by atoms with Gasteiger partial charge in [0, 0.05) is 12.7 Å². The van der Waals surface area contributed by atoms with Crippen molar-refractivity contribution < 1.29 is 8.42 Å². The molecule has 0 spiro atoms. The van der Waals surface area contributed by atoms with Gasteiger partial charge in [-0.05, 0) is 50.4 Å². The van der Waals surface area contributed by atoms with Crippen molar-refractivity contribution in [3.63, 3.8) is 0 Å². The van der Waals surface area contributed by atoms with Crippen molar-refractivity contribution in [3.05, 3.63) is 23.9 Å². The first-order chi connectivity index (χ1) is 8.58. The number of rotatable bonds is 4. The fourth-order valence-electron chi connectivity index (χ4n) is 2.01. The second-order valence-electron chi connectivity index (χ2n) is 4.74.